The summed E-state index contributed by atoms with van der Waals surface area (Å²) in [6, 6.07) is 16.6. The van der Waals surface area contributed by atoms with Crippen molar-refractivity contribution >= 4 is 39.2 Å². The van der Waals surface area contributed by atoms with E-state index in [1.54, 1.807) is 30.1 Å². The normalized spacial score (nSPS) is 16.0. The largest absolute Gasteiger partial charge is 0.445 e. The third kappa shape index (κ3) is 11.8. The van der Waals surface area contributed by atoms with Crippen molar-refractivity contribution in [1.82, 2.24) is 15.2 Å². The molecule has 1 aliphatic rings. The number of ether oxygens (including phenoxy) is 1. The molecule has 1 saturated carbocycles. The predicted octanol–water partition coefficient (Wildman–Crippen LogP) is 4.61. The molecule has 3 atom stereocenters. The molecule has 1 aliphatic carbocycles. The van der Waals surface area contributed by atoms with Gasteiger partial charge in [0.15, 0.2) is 0 Å². The number of aliphatic hydroxyl groups is 1. The van der Waals surface area contributed by atoms with Crippen LogP contribution >= 0.6 is 11.6 Å². The van der Waals surface area contributed by atoms with E-state index in [0.717, 1.165) is 37.7 Å². The summed E-state index contributed by atoms with van der Waals surface area (Å²) in [7, 11) is 0.408. The number of nitrogens with one attached hydrogen (secondary N) is 2. The third-order valence-corrected chi connectivity index (χ3v) is 9.97. The molecule has 10 heteroatoms. The molecule has 3 N–H and O–H groups in total. The van der Waals surface area contributed by atoms with Crippen LogP contribution in [0.5, 0.6) is 0 Å². The molecule has 0 bridgehead atoms. The van der Waals surface area contributed by atoms with Crippen LogP contribution in [0.2, 0.25) is 10.6 Å². The molecule has 0 heterocycles. The van der Waals surface area contributed by atoms with Crippen molar-refractivity contribution in [3.05, 3.63) is 70.7 Å². The lowest BCUT2D eigenvalue weighted by atomic mass is 9.86. The molecular formula is C32H46ClN3O5Si. The first kappa shape index (κ1) is 33.6. The first-order chi connectivity index (χ1) is 20.2. The Morgan fingerprint density at radius 1 is 1.07 bits per heavy atom. The average molecular weight is 616 g/mol. The van der Waals surface area contributed by atoms with Crippen LogP contribution in [-0.2, 0) is 27.4 Å². The van der Waals surface area contributed by atoms with Crippen LogP contribution in [-0.4, -0.2) is 63.8 Å². The van der Waals surface area contributed by atoms with E-state index < -0.39 is 21.8 Å². The summed E-state index contributed by atoms with van der Waals surface area (Å²) in [6.07, 6.45) is 6.97. The summed E-state index contributed by atoms with van der Waals surface area (Å²) < 4.78 is 5.37. The van der Waals surface area contributed by atoms with Crippen molar-refractivity contribution in [2.45, 2.75) is 76.5 Å². The molecule has 3 amide bonds. The third-order valence-electron chi connectivity index (χ3n) is 8.05. The van der Waals surface area contributed by atoms with Crippen LogP contribution in [0.4, 0.5) is 4.79 Å². The van der Waals surface area contributed by atoms with Crippen molar-refractivity contribution < 1.29 is 24.2 Å². The lowest BCUT2D eigenvalue weighted by Crippen LogP contribution is -2.46. The minimum absolute atomic E-state index is 0.0177. The molecule has 1 unspecified atom stereocenters. The average Bonchev–Trinajstić information content (AvgIpc) is 3.01. The smallest absolute Gasteiger partial charge is 0.399 e. The van der Waals surface area contributed by atoms with Gasteiger partial charge in [-0.15, -0.1) is 0 Å². The zero-order valence-corrected chi connectivity index (χ0v) is 27.1. The lowest BCUT2D eigenvalue weighted by molar-refractivity contribution is -0.134. The van der Waals surface area contributed by atoms with Crippen LogP contribution < -0.4 is 10.3 Å². The van der Waals surface area contributed by atoms with Gasteiger partial charge in [0.1, 0.15) is 16.3 Å². The van der Waals surface area contributed by atoms with Gasteiger partial charge in [0.05, 0.1) is 12.6 Å². The van der Waals surface area contributed by atoms with E-state index in [1.165, 1.54) is 12.0 Å². The molecular weight excluding hydrogens is 570 g/mol. The Morgan fingerprint density at radius 2 is 1.79 bits per heavy atom. The van der Waals surface area contributed by atoms with Gasteiger partial charge in [0.2, 0.25) is 11.8 Å². The molecule has 0 aliphatic heterocycles. The molecule has 230 valence electrons. The number of amides is 3. The molecule has 3 rings (SSSR count). The zero-order valence-electron chi connectivity index (χ0n) is 24.9. The van der Waals surface area contributed by atoms with Gasteiger partial charge in [-0.05, 0) is 48.4 Å². The standard InChI is InChI=1S/C32H46ClN3O5Si/c1-23(31(39)36(2)17-16-24-10-5-3-6-11-24)18-28(21-37)34-30(38)29(20-25-12-7-4-8-13-25)42-35-32(40)41-22-26-14-9-15-27(33)19-26/h3,5-6,9-11,14-15,19,23,25,28-29,37H,4,7-8,12-13,16-18,20-22,42H2,1-2H3,(H,34,38)(H,35,40)/t23?,28-,29-/m0/s1. The molecule has 42 heavy (non-hydrogen) atoms. The number of rotatable bonds is 15. The van der Waals surface area contributed by atoms with E-state index in [4.69, 9.17) is 16.3 Å². The van der Waals surface area contributed by atoms with Crippen LogP contribution in [0, 0.1) is 11.8 Å². The summed E-state index contributed by atoms with van der Waals surface area (Å²) in [5.74, 6) is -0.108. The Balaban J connectivity index is 1.52. The van der Waals surface area contributed by atoms with Crippen LogP contribution in [0.1, 0.15) is 63.0 Å². The van der Waals surface area contributed by atoms with E-state index in [1.807, 2.05) is 43.3 Å². The van der Waals surface area contributed by atoms with E-state index in [0.29, 0.717) is 30.3 Å². The molecule has 0 spiro atoms. The molecule has 2 aromatic carbocycles. The van der Waals surface area contributed by atoms with Crippen molar-refractivity contribution in [1.29, 1.82) is 0 Å². The highest BCUT2D eigenvalue weighted by molar-refractivity contribution is 6.44. The fourth-order valence-electron chi connectivity index (χ4n) is 5.60. The first-order valence-electron chi connectivity index (χ1n) is 15.1. The Bertz CT molecular complexity index is 1130. The number of benzene rings is 2. The highest BCUT2D eigenvalue weighted by Crippen LogP contribution is 2.31. The second-order valence-electron chi connectivity index (χ2n) is 11.5. The van der Waals surface area contributed by atoms with Crippen LogP contribution in [0.25, 0.3) is 0 Å². The summed E-state index contributed by atoms with van der Waals surface area (Å²) >= 11 is 6.01. The highest BCUT2D eigenvalue weighted by atomic mass is 35.5. The number of carbonyl (C=O) groups is 3. The quantitative estimate of drug-likeness (QED) is 0.254. The summed E-state index contributed by atoms with van der Waals surface area (Å²) in [4.78, 5) is 43.6. The van der Waals surface area contributed by atoms with Crippen molar-refractivity contribution in [2.75, 3.05) is 20.2 Å². The first-order valence-corrected chi connectivity index (χ1v) is 17.0. The van der Waals surface area contributed by atoms with Gasteiger partial charge < -0.3 is 25.0 Å². The van der Waals surface area contributed by atoms with Crippen molar-refractivity contribution in [3.63, 3.8) is 0 Å². The SMILES string of the molecule is CC(C[C@@H](CO)NC(=O)[C@H](CC1CCCCC1)[SiH2]NC(=O)OCc1cccc(Cl)c1)C(=O)N(C)CCc1ccccc1. The Labute approximate surface area is 257 Å². The Hall–Kier alpha value is -2.88. The summed E-state index contributed by atoms with van der Waals surface area (Å²) in [5, 5.41) is 13.7. The predicted molar refractivity (Wildman–Crippen MR) is 169 cm³/mol. The van der Waals surface area contributed by atoms with E-state index in [2.05, 4.69) is 10.3 Å². The minimum Gasteiger partial charge on any atom is -0.445 e. The monoisotopic (exact) mass is 615 g/mol. The molecule has 1 fully saturated rings. The number of nitrogens with zero attached hydrogens (tertiary/aromatic N) is 1. The van der Waals surface area contributed by atoms with Gasteiger partial charge >= 0.3 is 6.09 Å². The second kappa shape index (κ2) is 17.9. The van der Waals surface area contributed by atoms with Gasteiger partial charge in [0, 0.05) is 30.1 Å². The maximum absolute atomic E-state index is 13.5. The zero-order chi connectivity index (χ0) is 30.3. The molecule has 0 aromatic heterocycles. The fourth-order valence-corrected chi connectivity index (χ4v) is 7.26. The number of carbonyl (C=O) groups excluding carboxylic acids is 3. The molecule has 0 saturated heterocycles. The summed E-state index contributed by atoms with van der Waals surface area (Å²) in [6.45, 7) is 2.27. The molecule has 2 aromatic rings. The van der Waals surface area contributed by atoms with Crippen molar-refractivity contribution in [3.8, 4) is 0 Å². The molecule has 0 radical (unpaired) electrons. The maximum Gasteiger partial charge on any atom is 0.399 e. The number of hydrogen-bond acceptors (Lipinski definition) is 5. The van der Waals surface area contributed by atoms with Gasteiger partial charge in [-0.3, -0.25) is 9.59 Å². The van der Waals surface area contributed by atoms with Crippen molar-refractivity contribution in [2.24, 2.45) is 11.8 Å². The number of hydrogen-bond donors (Lipinski definition) is 3. The summed E-state index contributed by atoms with van der Waals surface area (Å²) in [5.41, 5.74) is 1.62. The minimum atomic E-state index is -1.38. The fraction of sp³-hybridized carbons (Fsp3) is 0.531. The number of likely N-dealkylation sites (N-methyl/N-ethyl adjacent to an activating group) is 1. The van der Waals surface area contributed by atoms with Gasteiger partial charge in [-0.2, -0.15) is 0 Å². The number of halogens is 1. The van der Waals surface area contributed by atoms with Crippen LogP contribution in [0.3, 0.4) is 0 Å². The van der Waals surface area contributed by atoms with E-state index >= 15 is 0 Å². The maximum atomic E-state index is 13.5. The van der Waals surface area contributed by atoms with E-state index in [9.17, 15) is 19.5 Å². The van der Waals surface area contributed by atoms with Gasteiger partial charge in [0.25, 0.3) is 0 Å². The topological polar surface area (TPSA) is 108 Å². The Kier molecular flexibility index (Phi) is 14.4. The highest BCUT2D eigenvalue weighted by Gasteiger charge is 2.29. The van der Waals surface area contributed by atoms with Crippen LogP contribution in [0.15, 0.2) is 54.6 Å². The lowest BCUT2D eigenvalue weighted by Gasteiger charge is -2.28. The van der Waals surface area contributed by atoms with Gasteiger partial charge in [-0.1, -0.05) is 93.1 Å². The van der Waals surface area contributed by atoms with E-state index in [-0.39, 0.29) is 36.5 Å². The Morgan fingerprint density at radius 3 is 2.48 bits per heavy atom. The molecule has 8 nitrogen and oxygen atoms in total. The number of aliphatic hydroxyl groups excluding tert-OH is 1. The van der Waals surface area contributed by atoms with Gasteiger partial charge in [-0.25, -0.2) is 4.79 Å². The second-order valence-corrected chi connectivity index (χ2v) is 13.7.